The second kappa shape index (κ2) is 12.3. The predicted octanol–water partition coefficient (Wildman–Crippen LogP) is 3.47. The standard InChI is InChI=1S/C29H40O10/c1-7-35-23(30)18-12-17(6)19-13-28(24(31)36-8-2,25(32)37-9-3)15-21(19)22-16-29(14-20(18)22,26(33)38-10-4)27(34)39-11-5/h18-20H,6-16H2,1-5H3/t18-,19-,20+/m1/s1. The van der Waals surface area contributed by atoms with Crippen LogP contribution in [-0.2, 0) is 47.7 Å². The largest absolute Gasteiger partial charge is 0.466 e. The van der Waals surface area contributed by atoms with Gasteiger partial charge < -0.3 is 23.7 Å². The van der Waals surface area contributed by atoms with Crippen LogP contribution in [-0.4, -0.2) is 62.9 Å². The Morgan fingerprint density at radius 1 is 0.667 bits per heavy atom. The number of fused-ring (bicyclic) bond motifs is 2. The van der Waals surface area contributed by atoms with Gasteiger partial charge in [0.15, 0.2) is 10.8 Å². The Morgan fingerprint density at radius 3 is 1.51 bits per heavy atom. The highest BCUT2D eigenvalue weighted by Gasteiger charge is 2.63. The molecule has 3 rings (SSSR count). The lowest BCUT2D eigenvalue weighted by Crippen LogP contribution is -2.41. The van der Waals surface area contributed by atoms with Crippen molar-refractivity contribution in [1.29, 1.82) is 0 Å². The van der Waals surface area contributed by atoms with E-state index in [0.29, 0.717) is 16.7 Å². The number of carbonyl (C=O) groups excluding carboxylic acids is 5. The fourth-order valence-electron chi connectivity index (χ4n) is 6.41. The van der Waals surface area contributed by atoms with Crippen LogP contribution >= 0.6 is 0 Å². The molecule has 0 saturated heterocycles. The van der Waals surface area contributed by atoms with Crippen molar-refractivity contribution in [3.05, 3.63) is 23.3 Å². The lowest BCUT2D eigenvalue weighted by atomic mass is 9.78. The van der Waals surface area contributed by atoms with Gasteiger partial charge in [0.05, 0.1) is 39.0 Å². The van der Waals surface area contributed by atoms with Crippen molar-refractivity contribution in [2.45, 2.75) is 66.7 Å². The highest BCUT2D eigenvalue weighted by atomic mass is 16.6. The molecule has 0 bridgehead atoms. The minimum absolute atomic E-state index is 0.0151. The molecule has 3 aliphatic rings. The average molecular weight is 549 g/mol. The third kappa shape index (κ3) is 5.34. The maximum atomic E-state index is 13.4. The summed E-state index contributed by atoms with van der Waals surface area (Å²) >= 11 is 0. The number of rotatable bonds is 10. The molecule has 0 heterocycles. The van der Waals surface area contributed by atoms with E-state index in [4.69, 9.17) is 23.7 Å². The third-order valence-electron chi connectivity index (χ3n) is 8.10. The van der Waals surface area contributed by atoms with E-state index < -0.39 is 58.4 Å². The van der Waals surface area contributed by atoms with Crippen LogP contribution in [0, 0.1) is 28.6 Å². The Morgan fingerprint density at radius 2 is 1.08 bits per heavy atom. The highest BCUT2D eigenvalue weighted by Crippen LogP contribution is 2.61. The first-order chi connectivity index (χ1) is 18.6. The molecular weight excluding hydrogens is 508 g/mol. The van der Waals surface area contributed by atoms with Gasteiger partial charge >= 0.3 is 29.8 Å². The SMILES string of the molecule is C=C1C[C@@H](C(=O)OCC)[C@@H]2CC(C(=O)OCC)(C(=O)OCC)CC2=C2CC(C(=O)OCC)(C(=O)OCC)C[C@H]12. The number of allylic oxidation sites excluding steroid dienone is 3. The van der Waals surface area contributed by atoms with Gasteiger partial charge in [-0.1, -0.05) is 23.3 Å². The molecule has 0 aromatic heterocycles. The van der Waals surface area contributed by atoms with E-state index in [-0.39, 0.29) is 65.1 Å². The van der Waals surface area contributed by atoms with Gasteiger partial charge in [0, 0.05) is 5.92 Å². The van der Waals surface area contributed by atoms with Gasteiger partial charge in [0.1, 0.15) is 0 Å². The molecule has 0 radical (unpaired) electrons. The van der Waals surface area contributed by atoms with Gasteiger partial charge in [-0.2, -0.15) is 0 Å². The first-order valence-corrected chi connectivity index (χ1v) is 13.8. The monoisotopic (exact) mass is 548 g/mol. The molecule has 3 atom stereocenters. The van der Waals surface area contributed by atoms with Gasteiger partial charge in [-0.05, 0) is 72.6 Å². The molecule has 0 N–H and O–H groups in total. The summed E-state index contributed by atoms with van der Waals surface area (Å²) in [5, 5.41) is 0. The van der Waals surface area contributed by atoms with Crippen molar-refractivity contribution in [1.82, 2.24) is 0 Å². The molecule has 39 heavy (non-hydrogen) atoms. The first-order valence-electron chi connectivity index (χ1n) is 13.8. The Hall–Kier alpha value is -3.17. The Labute approximate surface area is 229 Å². The molecule has 0 aromatic rings. The lowest BCUT2D eigenvalue weighted by Gasteiger charge is -2.27. The summed E-state index contributed by atoms with van der Waals surface area (Å²) < 4.78 is 26.8. The molecule has 10 heteroatoms. The molecule has 0 aliphatic heterocycles. The van der Waals surface area contributed by atoms with E-state index in [1.807, 2.05) is 0 Å². The number of carbonyl (C=O) groups is 5. The number of hydrogen-bond donors (Lipinski definition) is 0. The normalized spacial score (nSPS) is 24.6. The summed E-state index contributed by atoms with van der Waals surface area (Å²) in [6.45, 7) is 13.0. The minimum Gasteiger partial charge on any atom is -0.466 e. The molecule has 216 valence electrons. The molecule has 2 saturated carbocycles. The second-order valence-electron chi connectivity index (χ2n) is 10.2. The Balaban J connectivity index is 2.24. The van der Waals surface area contributed by atoms with E-state index >= 15 is 0 Å². The Bertz CT molecular complexity index is 1020. The van der Waals surface area contributed by atoms with Crippen LogP contribution < -0.4 is 0 Å². The molecule has 2 fully saturated rings. The third-order valence-corrected chi connectivity index (χ3v) is 8.10. The summed E-state index contributed by atoms with van der Waals surface area (Å²) in [6.07, 6.45) is 0.198. The maximum absolute atomic E-state index is 13.4. The highest BCUT2D eigenvalue weighted by molar-refractivity contribution is 6.02. The van der Waals surface area contributed by atoms with E-state index in [0.717, 1.165) is 0 Å². The van der Waals surface area contributed by atoms with Gasteiger partial charge in [0.25, 0.3) is 0 Å². The molecule has 0 spiro atoms. The van der Waals surface area contributed by atoms with Crippen molar-refractivity contribution in [2.24, 2.45) is 28.6 Å². The zero-order valence-electron chi connectivity index (χ0n) is 23.6. The molecule has 0 aromatic carbocycles. The zero-order chi connectivity index (χ0) is 29.0. The average Bonchev–Trinajstić information content (AvgIpc) is 3.47. The van der Waals surface area contributed by atoms with Crippen LogP contribution in [0.3, 0.4) is 0 Å². The number of ether oxygens (including phenoxy) is 5. The van der Waals surface area contributed by atoms with E-state index in [9.17, 15) is 24.0 Å². The van der Waals surface area contributed by atoms with Gasteiger partial charge in [-0.15, -0.1) is 0 Å². The maximum Gasteiger partial charge on any atom is 0.323 e. The van der Waals surface area contributed by atoms with Crippen LogP contribution in [0.25, 0.3) is 0 Å². The van der Waals surface area contributed by atoms with Gasteiger partial charge in [0.2, 0.25) is 0 Å². The molecular formula is C29H40O10. The van der Waals surface area contributed by atoms with Crippen LogP contribution in [0.2, 0.25) is 0 Å². The summed E-state index contributed by atoms with van der Waals surface area (Å²) in [5.74, 6) is -4.98. The first kappa shape index (κ1) is 30.4. The topological polar surface area (TPSA) is 132 Å². The molecule has 0 amide bonds. The van der Waals surface area contributed by atoms with E-state index in [1.54, 1.807) is 34.6 Å². The number of hydrogen-bond acceptors (Lipinski definition) is 10. The zero-order valence-corrected chi connectivity index (χ0v) is 23.6. The molecule has 3 aliphatic carbocycles. The molecule has 10 nitrogen and oxygen atoms in total. The minimum atomic E-state index is -1.66. The van der Waals surface area contributed by atoms with Crippen LogP contribution in [0.5, 0.6) is 0 Å². The fourth-order valence-corrected chi connectivity index (χ4v) is 6.41. The Kier molecular flexibility index (Phi) is 9.61. The van der Waals surface area contributed by atoms with Gasteiger partial charge in [-0.25, -0.2) is 0 Å². The number of esters is 5. The van der Waals surface area contributed by atoms with Crippen LogP contribution in [0.15, 0.2) is 23.3 Å². The summed E-state index contributed by atoms with van der Waals surface area (Å²) in [4.78, 5) is 66.5. The van der Waals surface area contributed by atoms with Crippen LogP contribution in [0.1, 0.15) is 66.7 Å². The van der Waals surface area contributed by atoms with Gasteiger partial charge in [-0.3, -0.25) is 24.0 Å². The summed E-state index contributed by atoms with van der Waals surface area (Å²) in [5.41, 5.74) is -1.19. The summed E-state index contributed by atoms with van der Waals surface area (Å²) in [6, 6.07) is 0. The quantitative estimate of drug-likeness (QED) is 0.173. The molecule has 0 unspecified atom stereocenters. The van der Waals surface area contributed by atoms with Crippen molar-refractivity contribution < 1.29 is 47.7 Å². The fraction of sp³-hybridized carbons (Fsp3) is 0.690. The van der Waals surface area contributed by atoms with Crippen molar-refractivity contribution in [2.75, 3.05) is 33.0 Å². The van der Waals surface area contributed by atoms with Crippen molar-refractivity contribution in [3.63, 3.8) is 0 Å². The summed E-state index contributed by atoms with van der Waals surface area (Å²) in [7, 11) is 0. The smallest absolute Gasteiger partial charge is 0.323 e. The predicted molar refractivity (Wildman–Crippen MR) is 138 cm³/mol. The van der Waals surface area contributed by atoms with Crippen molar-refractivity contribution >= 4 is 29.8 Å². The lowest BCUT2D eigenvalue weighted by molar-refractivity contribution is -0.173. The van der Waals surface area contributed by atoms with Crippen LogP contribution in [0.4, 0.5) is 0 Å². The van der Waals surface area contributed by atoms with Crippen molar-refractivity contribution in [3.8, 4) is 0 Å². The van der Waals surface area contributed by atoms with E-state index in [1.165, 1.54) is 0 Å². The van der Waals surface area contributed by atoms with E-state index in [2.05, 4.69) is 6.58 Å². The second-order valence-corrected chi connectivity index (χ2v) is 10.2.